The van der Waals surface area contributed by atoms with Crippen molar-refractivity contribution < 1.29 is 19.0 Å². The highest BCUT2D eigenvalue weighted by atomic mass is 16.5. The molecule has 0 aromatic heterocycles. The van der Waals surface area contributed by atoms with Crippen molar-refractivity contribution in [3.05, 3.63) is 59.7 Å². The molecule has 0 spiro atoms. The number of nitrogens with two attached hydrogens (primary N) is 1. The molecule has 23 heavy (non-hydrogen) atoms. The summed E-state index contributed by atoms with van der Waals surface area (Å²) in [5.74, 6) is 0.815. The van der Waals surface area contributed by atoms with Gasteiger partial charge in [0.1, 0.15) is 12.6 Å². The molecule has 0 saturated carbocycles. The predicted octanol–water partition coefficient (Wildman–Crippen LogP) is 2.32. The molecule has 0 unspecified atom stereocenters. The molecule has 2 rings (SSSR count). The molecule has 0 aliphatic rings. The van der Waals surface area contributed by atoms with Crippen molar-refractivity contribution in [2.75, 3.05) is 14.2 Å². The second kappa shape index (κ2) is 8.19. The zero-order valence-electron chi connectivity index (χ0n) is 13.3. The Bertz CT molecular complexity index is 643. The first kappa shape index (κ1) is 16.8. The molecule has 0 amide bonds. The molecule has 1 atom stereocenters. The summed E-state index contributed by atoms with van der Waals surface area (Å²) < 4.78 is 15.7. The summed E-state index contributed by atoms with van der Waals surface area (Å²) in [6.07, 6.45) is 0.369. The van der Waals surface area contributed by atoms with Gasteiger partial charge in [-0.05, 0) is 29.7 Å². The molecular formula is C18H21NO4. The fourth-order valence-corrected chi connectivity index (χ4v) is 2.18. The zero-order valence-corrected chi connectivity index (χ0v) is 13.3. The number of esters is 1. The minimum atomic E-state index is -0.725. The molecule has 2 aromatic carbocycles. The van der Waals surface area contributed by atoms with E-state index < -0.39 is 12.0 Å². The smallest absolute Gasteiger partial charge is 0.323 e. The molecule has 0 bridgehead atoms. The van der Waals surface area contributed by atoms with Crippen LogP contribution >= 0.6 is 0 Å². The highest BCUT2D eigenvalue weighted by molar-refractivity contribution is 5.76. The number of rotatable bonds is 7. The minimum absolute atomic E-state index is 0.222. The largest absolute Gasteiger partial charge is 0.493 e. The van der Waals surface area contributed by atoms with Crippen molar-refractivity contribution in [3.63, 3.8) is 0 Å². The number of hydrogen-bond donors (Lipinski definition) is 1. The predicted molar refractivity (Wildman–Crippen MR) is 87.5 cm³/mol. The molecule has 2 N–H and O–H groups in total. The van der Waals surface area contributed by atoms with Crippen molar-refractivity contribution in [3.8, 4) is 11.5 Å². The van der Waals surface area contributed by atoms with Gasteiger partial charge in [-0.2, -0.15) is 0 Å². The Morgan fingerprint density at radius 1 is 1.00 bits per heavy atom. The van der Waals surface area contributed by atoms with Crippen LogP contribution in [0, 0.1) is 0 Å². The van der Waals surface area contributed by atoms with Gasteiger partial charge in [0.2, 0.25) is 0 Å². The van der Waals surface area contributed by atoms with Gasteiger partial charge in [-0.1, -0.05) is 36.4 Å². The molecule has 0 fully saturated rings. The summed E-state index contributed by atoms with van der Waals surface area (Å²) in [5, 5.41) is 0. The minimum Gasteiger partial charge on any atom is -0.493 e. The van der Waals surface area contributed by atoms with Crippen LogP contribution in [0.2, 0.25) is 0 Å². The number of benzene rings is 2. The van der Waals surface area contributed by atoms with Gasteiger partial charge in [-0.15, -0.1) is 0 Å². The third-order valence-corrected chi connectivity index (χ3v) is 3.43. The molecule has 0 heterocycles. The van der Waals surface area contributed by atoms with E-state index in [0.29, 0.717) is 17.9 Å². The van der Waals surface area contributed by atoms with Gasteiger partial charge >= 0.3 is 5.97 Å². The summed E-state index contributed by atoms with van der Waals surface area (Å²) in [7, 11) is 3.14. The highest BCUT2D eigenvalue weighted by Gasteiger charge is 2.17. The second-order valence-corrected chi connectivity index (χ2v) is 5.09. The molecule has 0 saturated heterocycles. The number of hydrogen-bond acceptors (Lipinski definition) is 5. The fraction of sp³-hybridized carbons (Fsp3) is 0.278. The molecular weight excluding hydrogens is 294 g/mol. The fourth-order valence-electron chi connectivity index (χ4n) is 2.18. The lowest BCUT2D eigenvalue weighted by Crippen LogP contribution is -2.34. The van der Waals surface area contributed by atoms with Crippen LogP contribution in [0.3, 0.4) is 0 Å². The van der Waals surface area contributed by atoms with E-state index in [9.17, 15) is 4.79 Å². The van der Waals surface area contributed by atoms with Crippen LogP contribution in [0.4, 0.5) is 0 Å². The van der Waals surface area contributed by atoms with Gasteiger partial charge < -0.3 is 19.9 Å². The maximum Gasteiger partial charge on any atom is 0.323 e. The lowest BCUT2D eigenvalue weighted by molar-refractivity contribution is -0.146. The third kappa shape index (κ3) is 4.72. The number of methoxy groups -OCH3 is 2. The van der Waals surface area contributed by atoms with Crippen molar-refractivity contribution >= 4 is 5.97 Å². The number of carbonyl (C=O) groups is 1. The van der Waals surface area contributed by atoms with E-state index in [1.165, 1.54) is 0 Å². The van der Waals surface area contributed by atoms with Crippen LogP contribution in [0.5, 0.6) is 11.5 Å². The monoisotopic (exact) mass is 315 g/mol. The van der Waals surface area contributed by atoms with E-state index in [2.05, 4.69) is 0 Å². The van der Waals surface area contributed by atoms with Gasteiger partial charge in [0, 0.05) is 0 Å². The van der Waals surface area contributed by atoms with Crippen molar-refractivity contribution in [1.29, 1.82) is 0 Å². The second-order valence-electron chi connectivity index (χ2n) is 5.09. The first-order chi connectivity index (χ1) is 11.1. The van der Waals surface area contributed by atoms with Gasteiger partial charge in [-0.3, -0.25) is 4.79 Å². The van der Waals surface area contributed by atoms with Gasteiger partial charge in [0.05, 0.1) is 14.2 Å². The Labute approximate surface area is 136 Å². The van der Waals surface area contributed by atoms with Gasteiger partial charge in [-0.25, -0.2) is 0 Å². The molecule has 0 aliphatic carbocycles. The average molecular weight is 315 g/mol. The summed E-state index contributed by atoms with van der Waals surface area (Å²) >= 11 is 0. The molecule has 122 valence electrons. The number of carbonyl (C=O) groups excluding carboxylic acids is 1. The van der Waals surface area contributed by atoms with Crippen LogP contribution < -0.4 is 15.2 Å². The van der Waals surface area contributed by atoms with Crippen molar-refractivity contribution in [2.24, 2.45) is 5.73 Å². The van der Waals surface area contributed by atoms with E-state index in [4.69, 9.17) is 19.9 Å². The van der Waals surface area contributed by atoms with E-state index in [-0.39, 0.29) is 6.61 Å². The summed E-state index contributed by atoms with van der Waals surface area (Å²) in [4.78, 5) is 12.0. The topological polar surface area (TPSA) is 70.8 Å². The Morgan fingerprint density at radius 2 is 1.70 bits per heavy atom. The highest BCUT2D eigenvalue weighted by Crippen LogP contribution is 2.27. The standard InChI is InChI=1S/C18H21NO4/c1-21-16-9-8-14(11-17(16)22-2)10-15(19)18(20)23-12-13-6-4-3-5-7-13/h3-9,11,15H,10,12,19H2,1-2H3/t15-/m0/s1. The molecule has 0 radical (unpaired) electrons. The van der Waals surface area contributed by atoms with Crippen LogP contribution in [0.1, 0.15) is 11.1 Å². The van der Waals surface area contributed by atoms with Crippen molar-refractivity contribution in [2.45, 2.75) is 19.1 Å². The molecule has 5 heteroatoms. The Hall–Kier alpha value is -2.53. The summed E-state index contributed by atoms with van der Waals surface area (Å²) in [5.41, 5.74) is 7.74. The lowest BCUT2D eigenvalue weighted by atomic mass is 10.1. The maximum absolute atomic E-state index is 12.0. The number of ether oxygens (including phenoxy) is 3. The maximum atomic E-state index is 12.0. The first-order valence-corrected chi connectivity index (χ1v) is 7.31. The SMILES string of the molecule is COc1ccc(C[C@H](N)C(=O)OCc2ccccc2)cc1OC. The molecule has 2 aromatic rings. The van der Waals surface area contributed by atoms with Crippen LogP contribution in [-0.4, -0.2) is 26.2 Å². The van der Waals surface area contributed by atoms with Crippen LogP contribution in [0.25, 0.3) is 0 Å². The lowest BCUT2D eigenvalue weighted by Gasteiger charge is -2.13. The van der Waals surface area contributed by atoms with Gasteiger partial charge in [0.15, 0.2) is 11.5 Å². The normalized spacial score (nSPS) is 11.6. The average Bonchev–Trinajstić information content (AvgIpc) is 2.60. The Kier molecular flexibility index (Phi) is 6.00. The van der Waals surface area contributed by atoms with E-state index in [1.807, 2.05) is 42.5 Å². The van der Waals surface area contributed by atoms with Crippen LogP contribution in [0.15, 0.2) is 48.5 Å². The van der Waals surface area contributed by atoms with Crippen molar-refractivity contribution in [1.82, 2.24) is 0 Å². The van der Waals surface area contributed by atoms with E-state index >= 15 is 0 Å². The molecule has 5 nitrogen and oxygen atoms in total. The Balaban J connectivity index is 1.93. The summed E-state index contributed by atoms with van der Waals surface area (Å²) in [6.45, 7) is 0.222. The van der Waals surface area contributed by atoms with E-state index in [0.717, 1.165) is 11.1 Å². The zero-order chi connectivity index (χ0) is 16.7. The summed E-state index contributed by atoms with van der Waals surface area (Å²) in [6, 6.07) is 14.2. The molecule has 0 aliphatic heterocycles. The van der Waals surface area contributed by atoms with E-state index in [1.54, 1.807) is 20.3 Å². The Morgan fingerprint density at radius 3 is 2.35 bits per heavy atom. The quantitative estimate of drug-likeness (QED) is 0.794. The van der Waals surface area contributed by atoms with Gasteiger partial charge in [0.25, 0.3) is 0 Å². The third-order valence-electron chi connectivity index (χ3n) is 3.43. The first-order valence-electron chi connectivity index (χ1n) is 7.31. The van der Waals surface area contributed by atoms with Crippen LogP contribution in [-0.2, 0) is 22.6 Å².